The largest absolute Gasteiger partial charge is 0.459 e. The molecule has 0 bridgehead atoms. The molecule has 29 heavy (non-hydrogen) atoms. The van der Waals surface area contributed by atoms with Crippen LogP contribution in [0.5, 0.6) is 0 Å². The summed E-state index contributed by atoms with van der Waals surface area (Å²) in [5, 5.41) is 2.64. The van der Waals surface area contributed by atoms with E-state index in [1.54, 1.807) is 0 Å². The first-order chi connectivity index (χ1) is 14.2. The number of esters is 1. The van der Waals surface area contributed by atoms with Crippen molar-refractivity contribution < 1.29 is 19.1 Å². The third-order valence-electron chi connectivity index (χ3n) is 4.30. The van der Waals surface area contributed by atoms with Crippen LogP contribution in [0, 0.1) is 0 Å². The number of hydrogen-bond acceptors (Lipinski definition) is 4. The predicted octanol–water partition coefficient (Wildman–Crippen LogP) is 4.27. The molecule has 0 fully saturated rings. The Morgan fingerprint density at radius 3 is 1.62 bits per heavy atom. The van der Waals surface area contributed by atoms with Crippen LogP contribution in [0.3, 0.4) is 0 Å². The molecule has 1 atom stereocenters. The summed E-state index contributed by atoms with van der Waals surface area (Å²) in [5.74, 6) is -0.505. The summed E-state index contributed by atoms with van der Waals surface area (Å²) in [6.45, 7) is 0.273. The smallest absolute Gasteiger partial charge is 0.408 e. The number of carbonyl (C=O) groups is 2. The molecule has 1 N–H and O–H groups in total. The maximum absolute atomic E-state index is 12.6. The molecule has 0 unspecified atom stereocenters. The molecule has 0 saturated carbocycles. The summed E-state index contributed by atoms with van der Waals surface area (Å²) in [6.07, 6.45) is -0.346. The van der Waals surface area contributed by atoms with Crippen LogP contribution < -0.4 is 5.32 Å². The van der Waals surface area contributed by atoms with E-state index in [2.05, 4.69) is 5.32 Å². The molecule has 3 aromatic rings. The Kier molecular flexibility index (Phi) is 7.41. The van der Waals surface area contributed by atoms with E-state index >= 15 is 0 Å². The molecule has 0 saturated heterocycles. The third kappa shape index (κ3) is 6.81. The highest BCUT2D eigenvalue weighted by Crippen LogP contribution is 2.08. The Labute approximate surface area is 170 Å². The highest BCUT2D eigenvalue weighted by Gasteiger charge is 2.23. The van der Waals surface area contributed by atoms with Gasteiger partial charge < -0.3 is 14.8 Å². The van der Waals surface area contributed by atoms with Crippen LogP contribution in [0.2, 0.25) is 0 Å². The van der Waals surface area contributed by atoms with Gasteiger partial charge in [-0.1, -0.05) is 91.0 Å². The predicted molar refractivity (Wildman–Crippen MR) is 110 cm³/mol. The summed E-state index contributed by atoms with van der Waals surface area (Å²) in [6, 6.07) is 27.4. The van der Waals surface area contributed by atoms with E-state index in [-0.39, 0.29) is 13.2 Å². The minimum absolute atomic E-state index is 0.129. The van der Waals surface area contributed by atoms with Gasteiger partial charge in [-0.15, -0.1) is 0 Å². The normalized spacial score (nSPS) is 11.3. The number of ether oxygens (including phenoxy) is 2. The summed E-state index contributed by atoms with van der Waals surface area (Å²) in [7, 11) is 0. The average Bonchev–Trinajstić information content (AvgIpc) is 2.78. The first kappa shape index (κ1) is 20.1. The summed E-state index contributed by atoms with van der Waals surface area (Å²) in [5.41, 5.74) is 2.66. The quantitative estimate of drug-likeness (QED) is 0.585. The molecule has 3 rings (SSSR count). The number of benzene rings is 3. The summed E-state index contributed by atoms with van der Waals surface area (Å²) < 4.78 is 10.7. The first-order valence-electron chi connectivity index (χ1n) is 9.42. The lowest BCUT2D eigenvalue weighted by Crippen LogP contribution is -2.43. The van der Waals surface area contributed by atoms with Gasteiger partial charge in [0.15, 0.2) is 0 Å². The molecule has 0 heterocycles. The van der Waals surface area contributed by atoms with Crippen LogP contribution >= 0.6 is 0 Å². The summed E-state index contributed by atoms with van der Waals surface area (Å²) >= 11 is 0. The van der Waals surface area contributed by atoms with Crippen molar-refractivity contribution in [1.82, 2.24) is 5.32 Å². The second-order valence-corrected chi connectivity index (χ2v) is 6.54. The van der Waals surface area contributed by atoms with Crippen LogP contribution in [-0.4, -0.2) is 18.1 Å². The van der Waals surface area contributed by atoms with Crippen molar-refractivity contribution >= 4 is 12.1 Å². The maximum Gasteiger partial charge on any atom is 0.408 e. The van der Waals surface area contributed by atoms with Crippen molar-refractivity contribution in [1.29, 1.82) is 0 Å². The molecule has 0 radical (unpaired) electrons. The average molecular weight is 389 g/mol. The van der Waals surface area contributed by atoms with Gasteiger partial charge in [0.25, 0.3) is 0 Å². The Bertz CT molecular complexity index is 898. The fourth-order valence-corrected chi connectivity index (χ4v) is 2.78. The van der Waals surface area contributed by atoms with E-state index in [4.69, 9.17) is 9.47 Å². The van der Waals surface area contributed by atoms with Gasteiger partial charge in [0, 0.05) is 6.42 Å². The SMILES string of the molecule is O=C(N[C@H](Cc1ccccc1)C(=O)OCc1ccccc1)OCc1ccccc1. The van der Waals surface area contributed by atoms with Gasteiger partial charge in [-0.25, -0.2) is 9.59 Å². The van der Waals surface area contributed by atoms with Gasteiger partial charge in [-0.3, -0.25) is 0 Å². The Hall–Kier alpha value is -3.60. The topological polar surface area (TPSA) is 64.6 Å². The van der Waals surface area contributed by atoms with Gasteiger partial charge in [-0.2, -0.15) is 0 Å². The van der Waals surface area contributed by atoms with Gasteiger partial charge >= 0.3 is 12.1 Å². The van der Waals surface area contributed by atoms with Crippen molar-refractivity contribution in [2.45, 2.75) is 25.7 Å². The van der Waals surface area contributed by atoms with Crippen LogP contribution in [0.15, 0.2) is 91.0 Å². The van der Waals surface area contributed by atoms with Gasteiger partial charge in [-0.05, 0) is 16.7 Å². The van der Waals surface area contributed by atoms with E-state index in [0.29, 0.717) is 6.42 Å². The molecule has 1 amide bonds. The van der Waals surface area contributed by atoms with Crippen LogP contribution in [0.1, 0.15) is 16.7 Å². The lowest BCUT2D eigenvalue weighted by Gasteiger charge is -2.18. The van der Waals surface area contributed by atoms with Gasteiger partial charge in [0.2, 0.25) is 0 Å². The number of nitrogens with one attached hydrogen (secondary N) is 1. The molecule has 3 aromatic carbocycles. The number of amides is 1. The van der Waals surface area contributed by atoms with Crippen molar-refractivity contribution in [2.24, 2.45) is 0 Å². The zero-order chi connectivity index (χ0) is 20.3. The van der Waals surface area contributed by atoms with Crippen LogP contribution in [-0.2, 0) is 33.9 Å². The lowest BCUT2D eigenvalue weighted by atomic mass is 10.1. The van der Waals surface area contributed by atoms with Crippen molar-refractivity contribution in [3.63, 3.8) is 0 Å². The van der Waals surface area contributed by atoms with E-state index in [0.717, 1.165) is 16.7 Å². The standard InChI is InChI=1S/C24H23NO4/c26-23(28-17-20-12-6-2-7-13-20)22(16-19-10-4-1-5-11-19)25-24(27)29-18-21-14-8-3-9-15-21/h1-15,22H,16-18H2,(H,25,27)/t22-/m1/s1. The highest BCUT2D eigenvalue weighted by atomic mass is 16.6. The van der Waals surface area contributed by atoms with Gasteiger partial charge in [0.05, 0.1) is 0 Å². The number of rotatable bonds is 8. The first-order valence-corrected chi connectivity index (χ1v) is 9.42. The van der Waals surface area contributed by atoms with E-state index < -0.39 is 18.1 Å². The minimum atomic E-state index is -0.843. The Morgan fingerprint density at radius 1 is 0.655 bits per heavy atom. The Morgan fingerprint density at radius 2 is 1.10 bits per heavy atom. The third-order valence-corrected chi connectivity index (χ3v) is 4.30. The molecular weight excluding hydrogens is 366 g/mol. The summed E-state index contributed by atoms with van der Waals surface area (Å²) in [4.78, 5) is 24.9. The number of alkyl carbamates (subject to hydrolysis) is 1. The van der Waals surface area contributed by atoms with Gasteiger partial charge in [0.1, 0.15) is 19.3 Å². The monoisotopic (exact) mass is 389 g/mol. The molecule has 148 valence electrons. The van der Waals surface area contributed by atoms with Crippen LogP contribution in [0.25, 0.3) is 0 Å². The molecule has 5 heteroatoms. The van der Waals surface area contributed by atoms with Crippen molar-refractivity contribution in [3.05, 3.63) is 108 Å². The fraction of sp³-hybridized carbons (Fsp3) is 0.167. The minimum Gasteiger partial charge on any atom is -0.459 e. The maximum atomic E-state index is 12.6. The molecule has 0 aliphatic heterocycles. The fourth-order valence-electron chi connectivity index (χ4n) is 2.78. The van der Waals surface area contributed by atoms with Crippen molar-refractivity contribution in [3.8, 4) is 0 Å². The molecule has 5 nitrogen and oxygen atoms in total. The molecular formula is C24H23NO4. The number of hydrogen-bond donors (Lipinski definition) is 1. The van der Waals surface area contributed by atoms with E-state index in [9.17, 15) is 9.59 Å². The molecule has 0 spiro atoms. The second-order valence-electron chi connectivity index (χ2n) is 6.54. The molecule has 0 aliphatic carbocycles. The highest BCUT2D eigenvalue weighted by molar-refractivity contribution is 5.81. The molecule has 0 aromatic heterocycles. The van der Waals surface area contributed by atoms with E-state index in [1.165, 1.54) is 0 Å². The van der Waals surface area contributed by atoms with Crippen molar-refractivity contribution in [2.75, 3.05) is 0 Å². The number of carbonyl (C=O) groups excluding carboxylic acids is 2. The zero-order valence-corrected chi connectivity index (χ0v) is 16.0. The lowest BCUT2D eigenvalue weighted by molar-refractivity contribution is -0.147. The zero-order valence-electron chi connectivity index (χ0n) is 16.0. The van der Waals surface area contributed by atoms with Crippen LogP contribution in [0.4, 0.5) is 4.79 Å². The second kappa shape index (κ2) is 10.7. The Balaban J connectivity index is 1.60. The molecule has 0 aliphatic rings. The van der Waals surface area contributed by atoms with E-state index in [1.807, 2.05) is 91.0 Å².